The molecule has 2 aromatic heterocycles. The Labute approximate surface area is 311 Å². The molecule has 10 nitrogen and oxygen atoms in total. The smallest absolute Gasteiger partial charge is 0.419 e. The van der Waals surface area contributed by atoms with Crippen molar-refractivity contribution >= 4 is 41.9 Å². The van der Waals surface area contributed by atoms with E-state index in [1.807, 2.05) is 45.9 Å². The summed E-state index contributed by atoms with van der Waals surface area (Å²) in [5.74, 6) is -2.45. The van der Waals surface area contributed by atoms with Gasteiger partial charge in [0, 0.05) is 62.6 Å². The van der Waals surface area contributed by atoms with Gasteiger partial charge >= 0.3 is 12.1 Å². The van der Waals surface area contributed by atoms with Gasteiger partial charge in [-0.15, -0.1) is 0 Å². The first-order chi connectivity index (χ1) is 24.8. The Morgan fingerprint density at radius 3 is 2.45 bits per heavy atom. The number of carbonyl (C=O) groups excluding carboxylic acids is 2. The molecule has 53 heavy (non-hydrogen) atoms. The summed E-state index contributed by atoms with van der Waals surface area (Å²) in [4.78, 5) is 28.8. The monoisotopic (exact) mass is 752 g/mol. The van der Waals surface area contributed by atoms with Gasteiger partial charge in [0.05, 0.1) is 36.5 Å². The Bertz CT molecular complexity index is 2000. The van der Waals surface area contributed by atoms with Crippen LogP contribution >= 0.6 is 0 Å². The number of hydrogen-bond donors (Lipinski definition) is 0. The SMILES string of the molecule is CCOC(=O)c1ccc(C2CC3(CCN2Cc2c(OC)cc(C)c4c2ccn4C(=O)OC(C)(C)C)CC(F)(F)C3)c2c1cnn2COCC[Si](C)(C)C. The number of ether oxygens (including phenoxy) is 4. The van der Waals surface area contributed by atoms with Crippen molar-refractivity contribution in [3.8, 4) is 5.75 Å². The number of rotatable bonds is 11. The van der Waals surface area contributed by atoms with Crippen LogP contribution in [0.5, 0.6) is 5.75 Å². The summed E-state index contributed by atoms with van der Waals surface area (Å²) in [7, 11) is 0.288. The number of piperidine rings is 1. The summed E-state index contributed by atoms with van der Waals surface area (Å²) in [6.07, 6.45) is 3.77. The lowest BCUT2D eigenvalue weighted by Crippen LogP contribution is -2.53. The van der Waals surface area contributed by atoms with Crippen molar-refractivity contribution in [3.63, 3.8) is 0 Å². The second-order valence-corrected chi connectivity index (χ2v) is 22.8. The molecule has 3 heterocycles. The molecule has 0 N–H and O–H groups in total. The van der Waals surface area contributed by atoms with E-state index in [9.17, 15) is 18.4 Å². The molecule has 1 spiro atoms. The predicted octanol–water partition coefficient (Wildman–Crippen LogP) is 9.33. The molecule has 2 aromatic carbocycles. The van der Waals surface area contributed by atoms with Crippen LogP contribution in [-0.2, 0) is 27.5 Å². The normalized spacial score (nSPS) is 18.7. The first-order valence-corrected chi connectivity index (χ1v) is 22.3. The van der Waals surface area contributed by atoms with E-state index in [1.165, 1.54) is 4.57 Å². The minimum Gasteiger partial charge on any atom is -0.496 e. The molecule has 1 aliphatic heterocycles. The van der Waals surface area contributed by atoms with Crippen molar-refractivity contribution in [3.05, 3.63) is 58.9 Å². The zero-order chi connectivity index (χ0) is 38.5. The number of likely N-dealkylation sites (tertiary alicyclic amines) is 1. The number of aromatic nitrogens is 3. The average Bonchev–Trinajstić information content (AvgIpc) is 3.69. The molecule has 1 atom stereocenters. The van der Waals surface area contributed by atoms with Crippen LogP contribution in [0.3, 0.4) is 0 Å². The zero-order valence-corrected chi connectivity index (χ0v) is 33.6. The number of halogens is 2. The number of fused-ring (bicyclic) bond motifs is 2. The number of esters is 1. The Hall–Kier alpha value is -3.81. The van der Waals surface area contributed by atoms with Gasteiger partial charge in [0.25, 0.3) is 0 Å². The number of methoxy groups -OCH3 is 1. The van der Waals surface area contributed by atoms with Gasteiger partial charge in [0.15, 0.2) is 0 Å². The lowest BCUT2D eigenvalue weighted by molar-refractivity contribution is -0.186. The van der Waals surface area contributed by atoms with Crippen molar-refractivity contribution < 1.29 is 37.3 Å². The summed E-state index contributed by atoms with van der Waals surface area (Å²) in [6.45, 7) is 18.1. The summed E-state index contributed by atoms with van der Waals surface area (Å²) in [5, 5.41) is 6.19. The molecule has 288 valence electrons. The van der Waals surface area contributed by atoms with Gasteiger partial charge in [-0.2, -0.15) is 5.10 Å². The number of alkyl halides is 2. The summed E-state index contributed by atoms with van der Waals surface area (Å²) in [5.41, 5.74) is 3.31. The molecule has 1 saturated heterocycles. The number of nitrogens with zero attached hydrogens (tertiary/aromatic N) is 4. The van der Waals surface area contributed by atoms with Gasteiger partial charge < -0.3 is 18.9 Å². The molecule has 4 aromatic rings. The molecule has 13 heteroatoms. The van der Waals surface area contributed by atoms with Gasteiger partial charge in [0.1, 0.15) is 18.1 Å². The van der Waals surface area contributed by atoms with Crippen LogP contribution < -0.4 is 4.74 Å². The summed E-state index contributed by atoms with van der Waals surface area (Å²) in [6, 6.07) is 8.24. The lowest BCUT2D eigenvalue weighted by Gasteiger charge is -2.54. The van der Waals surface area contributed by atoms with E-state index >= 15 is 0 Å². The number of hydrogen-bond acceptors (Lipinski definition) is 8. The predicted molar refractivity (Wildman–Crippen MR) is 204 cm³/mol. The zero-order valence-electron chi connectivity index (χ0n) is 32.6. The maximum Gasteiger partial charge on any atom is 0.419 e. The van der Waals surface area contributed by atoms with Crippen molar-refractivity contribution in [2.75, 3.05) is 26.9 Å². The first-order valence-electron chi connectivity index (χ1n) is 18.6. The third kappa shape index (κ3) is 8.17. The van der Waals surface area contributed by atoms with Crippen LogP contribution in [0.4, 0.5) is 13.6 Å². The molecule has 6 rings (SSSR count). The second-order valence-electron chi connectivity index (χ2n) is 17.1. The molecule has 1 saturated carbocycles. The number of benzene rings is 2. The van der Waals surface area contributed by atoms with Crippen molar-refractivity contribution in [2.24, 2.45) is 5.41 Å². The largest absolute Gasteiger partial charge is 0.496 e. The van der Waals surface area contributed by atoms with Crippen LogP contribution in [0.25, 0.3) is 21.8 Å². The van der Waals surface area contributed by atoms with Crippen molar-refractivity contribution in [2.45, 2.75) is 117 Å². The minimum atomic E-state index is -2.68. The quantitative estimate of drug-likeness (QED) is 0.0850. The molecule has 0 amide bonds. The Morgan fingerprint density at radius 2 is 1.81 bits per heavy atom. The van der Waals surface area contributed by atoms with Crippen LogP contribution in [0.2, 0.25) is 25.7 Å². The van der Waals surface area contributed by atoms with Gasteiger partial charge in [-0.05, 0) is 94.8 Å². The third-order valence-electron chi connectivity index (χ3n) is 10.6. The maximum absolute atomic E-state index is 14.6. The standard InChI is InChI=1S/C40H54F2N4O6Si/c1-10-51-36(47)28-11-12-29(35-30(28)21-43-46(35)25-50-17-18-53(7,8)9)32-20-39(23-40(41,42)24-39)14-16-44(32)22-31-27-13-15-45(37(48)52-38(3,4)5)34(27)26(2)19-33(31)49-6/h11-13,15,19,21,32H,10,14,16-18,20,22-25H2,1-9H3. The molecule has 2 aliphatic rings. The Kier molecular flexibility index (Phi) is 10.6. The maximum atomic E-state index is 14.6. The Balaban J connectivity index is 1.45. The van der Waals surface area contributed by atoms with E-state index < -0.39 is 37.1 Å². The van der Waals surface area contributed by atoms with Crippen molar-refractivity contribution in [1.29, 1.82) is 0 Å². The van der Waals surface area contributed by atoms with E-state index in [2.05, 4.69) is 24.5 Å². The highest BCUT2D eigenvalue weighted by molar-refractivity contribution is 6.76. The van der Waals surface area contributed by atoms with E-state index in [1.54, 1.807) is 37.2 Å². The topological polar surface area (TPSA) is 97.0 Å². The van der Waals surface area contributed by atoms with E-state index in [-0.39, 0.29) is 32.2 Å². The van der Waals surface area contributed by atoms with Crippen LogP contribution in [0.15, 0.2) is 36.7 Å². The van der Waals surface area contributed by atoms with Gasteiger partial charge in [-0.25, -0.2) is 23.1 Å². The minimum absolute atomic E-state index is 0.149. The van der Waals surface area contributed by atoms with E-state index in [4.69, 9.17) is 24.0 Å². The molecule has 0 bridgehead atoms. The van der Waals surface area contributed by atoms with E-state index in [0.29, 0.717) is 49.2 Å². The highest BCUT2D eigenvalue weighted by atomic mass is 28.3. The second kappa shape index (κ2) is 14.4. The average molecular weight is 753 g/mol. The number of carbonyl (C=O) groups is 2. The third-order valence-corrected chi connectivity index (χ3v) is 12.3. The fourth-order valence-electron chi connectivity index (χ4n) is 8.13. The van der Waals surface area contributed by atoms with Crippen LogP contribution in [-0.4, -0.2) is 77.8 Å². The Morgan fingerprint density at radius 1 is 1.08 bits per heavy atom. The highest BCUT2D eigenvalue weighted by Crippen LogP contribution is 2.61. The summed E-state index contributed by atoms with van der Waals surface area (Å²) < 4.78 is 55.8. The van der Waals surface area contributed by atoms with Crippen molar-refractivity contribution in [1.82, 2.24) is 19.2 Å². The van der Waals surface area contributed by atoms with Gasteiger partial charge in [-0.1, -0.05) is 25.7 Å². The molecule has 1 unspecified atom stereocenters. The van der Waals surface area contributed by atoms with E-state index in [0.717, 1.165) is 39.2 Å². The lowest BCUT2D eigenvalue weighted by atomic mass is 9.59. The molecule has 1 aliphatic carbocycles. The van der Waals surface area contributed by atoms with Gasteiger partial charge in [0.2, 0.25) is 5.92 Å². The summed E-state index contributed by atoms with van der Waals surface area (Å²) >= 11 is 0. The highest BCUT2D eigenvalue weighted by Gasteiger charge is 2.58. The van der Waals surface area contributed by atoms with Crippen LogP contribution in [0.1, 0.15) is 86.5 Å². The fourth-order valence-corrected chi connectivity index (χ4v) is 8.88. The van der Waals surface area contributed by atoms with Gasteiger partial charge in [-0.3, -0.25) is 9.47 Å². The molecule has 2 fully saturated rings. The van der Waals surface area contributed by atoms with Crippen LogP contribution in [0, 0.1) is 12.3 Å². The number of aryl methyl sites for hydroxylation is 1. The molecular formula is C40H54F2N4O6Si. The molecule has 0 radical (unpaired) electrons. The first kappa shape index (κ1) is 38.9. The fraction of sp³-hybridized carbons (Fsp3) is 0.575. The molecular weight excluding hydrogens is 699 g/mol.